The molecule has 0 aromatic heterocycles. The minimum atomic E-state index is -0.762. The van der Waals surface area contributed by atoms with Crippen molar-refractivity contribution in [3.8, 4) is 11.5 Å². The van der Waals surface area contributed by atoms with Gasteiger partial charge in [-0.25, -0.2) is 4.39 Å². The van der Waals surface area contributed by atoms with Gasteiger partial charge in [0, 0.05) is 56.0 Å². The molecular formula is C25H28ClFN2O4. The molecule has 2 aliphatic heterocycles. The number of ether oxygens (including phenoxy) is 2. The van der Waals surface area contributed by atoms with Crippen molar-refractivity contribution in [2.75, 3.05) is 26.2 Å². The molecule has 0 radical (unpaired) electrons. The molecule has 2 N–H and O–H groups in total. The molecule has 8 heteroatoms. The van der Waals surface area contributed by atoms with Gasteiger partial charge in [0.25, 0.3) is 5.91 Å². The van der Waals surface area contributed by atoms with Gasteiger partial charge in [-0.3, -0.25) is 4.79 Å². The zero-order chi connectivity index (χ0) is 23.0. The van der Waals surface area contributed by atoms with Gasteiger partial charge in [0.05, 0.1) is 5.56 Å². The molecule has 1 spiro atoms. The third kappa shape index (κ3) is 5.26. The van der Waals surface area contributed by atoms with Crippen LogP contribution in [0.1, 0.15) is 41.6 Å². The van der Waals surface area contributed by atoms with E-state index in [0.29, 0.717) is 6.54 Å². The number of rotatable bonds is 7. The Morgan fingerprint density at radius 1 is 1.27 bits per heavy atom. The predicted molar refractivity (Wildman–Crippen MR) is 123 cm³/mol. The highest BCUT2D eigenvalue weighted by molar-refractivity contribution is 6.30. The number of aliphatic hydroxyl groups is 1. The van der Waals surface area contributed by atoms with E-state index >= 15 is 0 Å². The van der Waals surface area contributed by atoms with E-state index in [0.717, 1.165) is 61.5 Å². The fraction of sp³-hybridized carbons (Fsp3) is 0.480. The van der Waals surface area contributed by atoms with Crippen LogP contribution in [-0.2, 0) is 6.42 Å². The Hall–Kier alpha value is -2.35. The van der Waals surface area contributed by atoms with Crippen molar-refractivity contribution in [2.24, 2.45) is 0 Å². The lowest BCUT2D eigenvalue weighted by Gasteiger charge is -2.39. The van der Waals surface area contributed by atoms with Gasteiger partial charge in [0.15, 0.2) is 0 Å². The van der Waals surface area contributed by atoms with Crippen LogP contribution in [0.2, 0.25) is 5.02 Å². The number of β-amino-alcohol motifs (C(OH)–C–C–N with tert-alkyl or cyclic N) is 1. The van der Waals surface area contributed by atoms with E-state index in [4.69, 9.17) is 21.1 Å². The van der Waals surface area contributed by atoms with E-state index in [9.17, 15) is 14.3 Å². The smallest absolute Gasteiger partial charge is 0.255 e. The van der Waals surface area contributed by atoms with Gasteiger partial charge in [-0.2, -0.15) is 0 Å². The van der Waals surface area contributed by atoms with Crippen LogP contribution >= 0.6 is 11.6 Å². The third-order valence-electron chi connectivity index (χ3n) is 6.63. The molecule has 1 amide bonds. The zero-order valence-electron chi connectivity index (χ0n) is 18.4. The quantitative estimate of drug-likeness (QED) is 0.642. The first-order chi connectivity index (χ1) is 15.9. The second-order valence-electron chi connectivity index (χ2n) is 9.37. The average molecular weight is 475 g/mol. The standard InChI is InChI=1S/C25H28ClFN2O4/c26-17-1-6-22-16(11-17)13-25(33-22)7-9-29(10-8-25)14-20(30)15-32-23-12-18(27)2-5-21(23)24(31)28-19-3-4-19/h1-2,5-6,11-12,19-20,30H,3-4,7-10,13-15H2,(H,28,31)/t20-/m1/s1. The van der Waals surface area contributed by atoms with E-state index < -0.39 is 11.9 Å². The number of nitrogens with zero attached hydrogens (tertiary/aromatic N) is 1. The van der Waals surface area contributed by atoms with Crippen LogP contribution in [0.5, 0.6) is 11.5 Å². The van der Waals surface area contributed by atoms with Crippen LogP contribution in [0.15, 0.2) is 36.4 Å². The van der Waals surface area contributed by atoms with Crippen LogP contribution in [0.4, 0.5) is 4.39 Å². The zero-order valence-corrected chi connectivity index (χ0v) is 19.1. The minimum absolute atomic E-state index is 0.0186. The molecule has 2 aromatic carbocycles. The summed E-state index contributed by atoms with van der Waals surface area (Å²) < 4.78 is 25.7. The molecule has 2 heterocycles. The molecule has 0 unspecified atom stereocenters. The highest BCUT2D eigenvalue weighted by Crippen LogP contribution is 2.42. The number of carbonyl (C=O) groups excluding carboxylic acids is 1. The molecule has 1 aliphatic carbocycles. The molecule has 6 nitrogen and oxygen atoms in total. The Kier molecular flexibility index (Phi) is 6.20. The number of hydrogen-bond acceptors (Lipinski definition) is 5. The van der Waals surface area contributed by atoms with Crippen molar-refractivity contribution in [2.45, 2.75) is 49.9 Å². The largest absolute Gasteiger partial charge is 0.490 e. The van der Waals surface area contributed by atoms with Crippen molar-refractivity contribution in [1.82, 2.24) is 10.2 Å². The summed E-state index contributed by atoms with van der Waals surface area (Å²) in [5.41, 5.74) is 1.24. The number of amides is 1. The predicted octanol–water partition coefficient (Wildman–Crippen LogP) is 3.58. The number of fused-ring (bicyclic) bond motifs is 1. The summed E-state index contributed by atoms with van der Waals surface area (Å²) in [6.07, 6.45) is 3.74. The number of aliphatic hydroxyl groups excluding tert-OH is 1. The summed E-state index contributed by atoms with van der Waals surface area (Å²) in [7, 11) is 0. The Labute approximate surface area is 197 Å². The van der Waals surface area contributed by atoms with Gasteiger partial charge in [-0.05, 0) is 48.7 Å². The molecule has 2 fully saturated rings. The first-order valence-electron chi connectivity index (χ1n) is 11.5. The fourth-order valence-electron chi connectivity index (χ4n) is 4.65. The van der Waals surface area contributed by atoms with E-state index in [1.54, 1.807) is 0 Å². The second kappa shape index (κ2) is 9.12. The van der Waals surface area contributed by atoms with Crippen LogP contribution in [-0.4, -0.2) is 59.9 Å². The first-order valence-corrected chi connectivity index (χ1v) is 11.9. The SMILES string of the molecule is O=C(NC1CC1)c1ccc(F)cc1OC[C@H](O)CN1CCC2(CC1)Cc1cc(Cl)ccc1O2. The molecule has 176 valence electrons. The number of piperidine rings is 1. The molecule has 1 saturated heterocycles. The summed E-state index contributed by atoms with van der Waals surface area (Å²) in [6.45, 7) is 2.02. The van der Waals surface area contributed by atoms with E-state index in [2.05, 4.69) is 10.2 Å². The average Bonchev–Trinajstić information content (AvgIpc) is 3.53. The van der Waals surface area contributed by atoms with Gasteiger partial charge < -0.3 is 24.8 Å². The van der Waals surface area contributed by atoms with Crippen molar-refractivity contribution in [3.63, 3.8) is 0 Å². The molecule has 1 atom stereocenters. The van der Waals surface area contributed by atoms with Crippen molar-refractivity contribution >= 4 is 17.5 Å². The van der Waals surface area contributed by atoms with E-state index in [-0.39, 0.29) is 35.5 Å². The topological polar surface area (TPSA) is 71.0 Å². The van der Waals surface area contributed by atoms with Crippen LogP contribution in [0, 0.1) is 5.82 Å². The number of likely N-dealkylation sites (tertiary alicyclic amines) is 1. The maximum absolute atomic E-state index is 13.7. The normalized spacial score (nSPS) is 20.2. The fourth-order valence-corrected chi connectivity index (χ4v) is 4.85. The van der Waals surface area contributed by atoms with Gasteiger partial charge in [-0.15, -0.1) is 0 Å². The van der Waals surface area contributed by atoms with Gasteiger partial charge >= 0.3 is 0 Å². The summed E-state index contributed by atoms with van der Waals surface area (Å²) >= 11 is 6.12. The second-order valence-corrected chi connectivity index (χ2v) is 9.80. The number of nitrogens with one attached hydrogen (secondary N) is 1. The van der Waals surface area contributed by atoms with Crippen molar-refractivity contribution in [3.05, 3.63) is 58.4 Å². The van der Waals surface area contributed by atoms with Gasteiger partial charge in [-0.1, -0.05) is 11.6 Å². The Morgan fingerprint density at radius 2 is 2.06 bits per heavy atom. The lowest BCUT2D eigenvalue weighted by molar-refractivity contribution is -0.00201. The summed E-state index contributed by atoms with van der Waals surface area (Å²) in [6, 6.07) is 9.82. The summed E-state index contributed by atoms with van der Waals surface area (Å²) in [5, 5.41) is 14.1. The minimum Gasteiger partial charge on any atom is -0.490 e. The molecule has 0 bridgehead atoms. The lowest BCUT2D eigenvalue weighted by Crippen LogP contribution is -2.49. The maximum atomic E-state index is 13.7. The summed E-state index contributed by atoms with van der Waals surface area (Å²) in [5.74, 6) is 0.309. The monoisotopic (exact) mass is 474 g/mol. The molecule has 1 saturated carbocycles. The van der Waals surface area contributed by atoms with E-state index in [1.807, 2.05) is 18.2 Å². The van der Waals surface area contributed by atoms with Gasteiger partial charge in [0.2, 0.25) is 0 Å². The number of carbonyl (C=O) groups is 1. The molecule has 33 heavy (non-hydrogen) atoms. The van der Waals surface area contributed by atoms with E-state index in [1.165, 1.54) is 18.2 Å². The highest BCUT2D eigenvalue weighted by atomic mass is 35.5. The van der Waals surface area contributed by atoms with Crippen molar-refractivity contribution < 1.29 is 23.8 Å². The molecule has 2 aromatic rings. The van der Waals surface area contributed by atoms with Gasteiger partial charge in [0.1, 0.15) is 35.6 Å². The molecule has 3 aliphatic rings. The Bertz CT molecular complexity index is 1040. The summed E-state index contributed by atoms with van der Waals surface area (Å²) in [4.78, 5) is 14.6. The third-order valence-corrected chi connectivity index (χ3v) is 6.87. The van der Waals surface area contributed by atoms with Crippen LogP contribution < -0.4 is 14.8 Å². The number of hydrogen-bond donors (Lipinski definition) is 2. The number of halogens is 2. The van der Waals surface area contributed by atoms with Crippen LogP contribution in [0.3, 0.4) is 0 Å². The maximum Gasteiger partial charge on any atom is 0.255 e. The Morgan fingerprint density at radius 3 is 2.82 bits per heavy atom. The van der Waals surface area contributed by atoms with Crippen LogP contribution in [0.25, 0.3) is 0 Å². The van der Waals surface area contributed by atoms with Crippen molar-refractivity contribution in [1.29, 1.82) is 0 Å². The Balaban J connectivity index is 1.12. The lowest BCUT2D eigenvalue weighted by atomic mass is 9.87. The highest BCUT2D eigenvalue weighted by Gasteiger charge is 2.42. The number of benzene rings is 2. The molecular weight excluding hydrogens is 447 g/mol. The molecule has 5 rings (SSSR count). The first kappa shape index (κ1) is 22.4.